The maximum atomic E-state index is 6.37. The van der Waals surface area contributed by atoms with E-state index in [9.17, 15) is 0 Å². The van der Waals surface area contributed by atoms with Crippen molar-refractivity contribution in [2.75, 3.05) is 18.0 Å². The summed E-state index contributed by atoms with van der Waals surface area (Å²) in [4.78, 5) is 11.8. The molecule has 3 rings (SSSR count). The lowest BCUT2D eigenvalue weighted by molar-refractivity contribution is 0.618. The van der Waals surface area contributed by atoms with E-state index in [0.717, 1.165) is 46.9 Å². The Balaban J connectivity index is 2.07. The highest BCUT2D eigenvalue weighted by Crippen LogP contribution is 2.34. The first-order chi connectivity index (χ1) is 11.6. The van der Waals surface area contributed by atoms with Crippen LogP contribution in [-0.4, -0.2) is 27.6 Å². The van der Waals surface area contributed by atoms with E-state index in [-0.39, 0.29) is 6.04 Å². The quantitative estimate of drug-likeness (QED) is 0.569. The van der Waals surface area contributed by atoms with Crippen molar-refractivity contribution >= 4 is 39.1 Å². The predicted octanol–water partition coefficient (Wildman–Crippen LogP) is 5.63. The Morgan fingerprint density at radius 2 is 2.04 bits per heavy atom. The number of anilines is 1. The average Bonchev–Trinajstić information content (AvgIpc) is 3.15. The van der Waals surface area contributed by atoms with E-state index >= 15 is 0 Å². The molecule has 0 N–H and O–H groups in total. The zero-order valence-electron chi connectivity index (χ0n) is 14.6. The molecule has 0 unspecified atom stereocenters. The minimum Gasteiger partial charge on any atom is -0.348 e. The van der Waals surface area contributed by atoms with E-state index in [1.54, 1.807) is 11.3 Å². The summed E-state index contributed by atoms with van der Waals surface area (Å²) in [5, 5.41) is 3.72. The summed E-state index contributed by atoms with van der Waals surface area (Å²) in [6.07, 6.45) is 1.12. The first-order valence-electron chi connectivity index (χ1n) is 8.44. The summed E-state index contributed by atoms with van der Waals surface area (Å²) in [6.45, 7) is 10.6. The maximum absolute atomic E-state index is 6.37. The number of aromatic nitrogens is 3. The van der Waals surface area contributed by atoms with Crippen LogP contribution in [0.15, 0.2) is 23.6 Å². The number of hydrogen-bond acceptors (Lipinski definition) is 4. The van der Waals surface area contributed by atoms with Crippen molar-refractivity contribution in [1.29, 1.82) is 0 Å². The lowest BCUT2D eigenvalue weighted by Crippen LogP contribution is -2.23. The summed E-state index contributed by atoms with van der Waals surface area (Å²) in [5.74, 6) is 0. The minimum absolute atomic E-state index is 0.267. The van der Waals surface area contributed by atoms with Crippen LogP contribution < -0.4 is 4.90 Å². The highest BCUT2D eigenvalue weighted by molar-refractivity contribution is 7.14. The SMILES string of the molecule is CCCN(CC)c1nc(-c2cccc3c2nc(Cl)n3C(C)C)cs1. The summed E-state index contributed by atoms with van der Waals surface area (Å²) in [5.41, 5.74) is 4.00. The number of rotatable bonds is 6. The lowest BCUT2D eigenvalue weighted by Gasteiger charge is -2.18. The van der Waals surface area contributed by atoms with Crippen LogP contribution in [0.25, 0.3) is 22.3 Å². The van der Waals surface area contributed by atoms with Crippen LogP contribution in [0.3, 0.4) is 0 Å². The molecule has 0 spiro atoms. The zero-order valence-corrected chi connectivity index (χ0v) is 16.2. The van der Waals surface area contributed by atoms with Crippen LogP contribution in [0.4, 0.5) is 5.13 Å². The first kappa shape index (κ1) is 17.2. The van der Waals surface area contributed by atoms with Gasteiger partial charge >= 0.3 is 0 Å². The molecule has 2 heterocycles. The molecule has 0 radical (unpaired) electrons. The van der Waals surface area contributed by atoms with Gasteiger partial charge in [0.25, 0.3) is 0 Å². The standard InChI is InChI=1S/C18H23ClN4S/c1-5-10-22(6-2)18-20-14(11-24-18)13-8-7-9-15-16(13)21-17(19)23(15)12(3)4/h7-9,11-12H,5-6,10H2,1-4H3. The monoisotopic (exact) mass is 362 g/mol. The van der Waals surface area contributed by atoms with Gasteiger partial charge in [0.1, 0.15) is 0 Å². The normalized spacial score (nSPS) is 11.6. The predicted molar refractivity (Wildman–Crippen MR) is 104 cm³/mol. The van der Waals surface area contributed by atoms with Crippen molar-refractivity contribution in [3.05, 3.63) is 28.9 Å². The van der Waals surface area contributed by atoms with Gasteiger partial charge in [-0.15, -0.1) is 11.3 Å². The van der Waals surface area contributed by atoms with Gasteiger partial charge in [0.15, 0.2) is 5.13 Å². The fourth-order valence-corrected chi connectivity index (χ4v) is 4.27. The van der Waals surface area contributed by atoms with Crippen LogP contribution in [0.5, 0.6) is 0 Å². The van der Waals surface area contributed by atoms with Crippen molar-refractivity contribution in [3.8, 4) is 11.3 Å². The first-order valence-corrected chi connectivity index (χ1v) is 9.69. The van der Waals surface area contributed by atoms with Crippen molar-refractivity contribution < 1.29 is 0 Å². The fourth-order valence-electron chi connectivity index (χ4n) is 2.98. The molecule has 0 aliphatic heterocycles. The number of benzene rings is 1. The van der Waals surface area contributed by atoms with Crippen molar-refractivity contribution in [3.63, 3.8) is 0 Å². The molecule has 0 atom stereocenters. The Morgan fingerprint density at radius 1 is 1.25 bits per heavy atom. The highest BCUT2D eigenvalue weighted by Gasteiger charge is 2.17. The molecular weight excluding hydrogens is 340 g/mol. The Bertz CT molecular complexity index is 837. The molecule has 1 aromatic carbocycles. The van der Waals surface area contributed by atoms with Crippen LogP contribution in [0.2, 0.25) is 5.28 Å². The molecule has 0 fully saturated rings. The van der Waals surface area contributed by atoms with Gasteiger partial charge in [-0.05, 0) is 44.9 Å². The number of hydrogen-bond donors (Lipinski definition) is 0. The fraction of sp³-hybridized carbons (Fsp3) is 0.444. The molecule has 24 heavy (non-hydrogen) atoms. The topological polar surface area (TPSA) is 34.0 Å². The summed E-state index contributed by atoms with van der Waals surface area (Å²) in [6, 6.07) is 6.46. The maximum Gasteiger partial charge on any atom is 0.204 e. The Morgan fingerprint density at radius 3 is 2.71 bits per heavy atom. The van der Waals surface area contributed by atoms with Gasteiger partial charge in [-0.1, -0.05) is 19.1 Å². The molecule has 0 amide bonds. The Hall–Kier alpha value is -1.59. The number of thiazole rings is 1. The summed E-state index contributed by atoms with van der Waals surface area (Å²) < 4.78 is 2.06. The third kappa shape index (κ3) is 3.03. The number of fused-ring (bicyclic) bond motifs is 1. The summed E-state index contributed by atoms with van der Waals surface area (Å²) in [7, 11) is 0. The molecule has 0 saturated heterocycles. The average molecular weight is 363 g/mol. The van der Waals surface area contributed by atoms with E-state index in [4.69, 9.17) is 16.6 Å². The molecule has 0 saturated carbocycles. The van der Waals surface area contributed by atoms with E-state index in [2.05, 4.69) is 65.7 Å². The van der Waals surface area contributed by atoms with Crippen LogP contribution >= 0.6 is 22.9 Å². The largest absolute Gasteiger partial charge is 0.348 e. The van der Waals surface area contributed by atoms with Crippen LogP contribution in [0.1, 0.15) is 40.2 Å². The van der Waals surface area contributed by atoms with Gasteiger partial charge in [0, 0.05) is 30.1 Å². The molecule has 2 aromatic heterocycles. The smallest absolute Gasteiger partial charge is 0.204 e. The second-order valence-corrected chi connectivity index (χ2v) is 7.29. The number of para-hydroxylation sites is 1. The molecular formula is C18H23ClN4S. The third-order valence-electron chi connectivity index (χ3n) is 4.11. The molecule has 0 aliphatic carbocycles. The number of imidazole rings is 1. The van der Waals surface area contributed by atoms with Crippen molar-refractivity contribution in [2.45, 2.75) is 40.2 Å². The van der Waals surface area contributed by atoms with Gasteiger partial charge < -0.3 is 9.47 Å². The van der Waals surface area contributed by atoms with Gasteiger partial charge in [-0.2, -0.15) is 0 Å². The number of nitrogens with zero attached hydrogens (tertiary/aromatic N) is 4. The van der Waals surface area contributed by atoms with Crippen LogP contribution in [-0.2, 0) is 0 Å². The van der Waals surface area contributed by atoms with E-state index in [1.165, 1.54) is 0 Å². The van der Waals surface area contributed by atoms with Crippen molar-refractivity contribution in [1.82, 2.24) is 14.5 Å². The zero-order chi connectivity index (χ0) is 17.3. The van der Waals surface area contributed by atoms with Gasteiger partial charge in [0.05, 0.1) is 16.7 Å². The van der Waals surface area contributed by atoms with E-state index in [1.807, 2.05) is 0 Å². The molecule has 3 aromatic rings. The molecule has 0 bridgehead atoms. The number of halogens is 1. The molecule has 0 aliphatic rings. The lowest BCUT2D eigenvalue weighted by atomic mass is 10.1. The second kappa shape index (κ2) is 7.11. The second-order valence-electron chi connectivity index (χ2n) is 6.11. The van der Waals surface area contributed by atoms with Gasteiger partial charge in [0.2, 0.25) is 5.28 Å². The van der Waals surface area contributed by atoms with Gasteiger partial charge in [-0.3, -0.25) is 0 Å². The van der Waals surface area contributed by atoms with Gasteiger partial charge in [-0.25, -0.2) is 9.97 Å². The van der Waals surface area contributed by atoms with Crippen molar-refractivity contribution in [2.24, 2.45) is 0 Å². The van der Waals surface area contributed by atoms with E-state index in [0.29, 0.717) is 5.28 Å². The third-order valence-corrected chi connectivity index (χ3v) is 5.28. The molecule has 4 nitrogen and oxygen atoms in total. The highest BCUT2D eigenvalue weighted by atomic mass is 35.5. The summed E-state index contributed by atoms with van der Waals surface area (Å²) >= 11 is 8.06. The Kier molecular flexibility index (Phi) is 5.11. The molecule has 128 valence electrons. The molecule has 6 heteroatoms. The minimum atomic E-state index is 0.267. The van der Waals surface area contributed by atoms with E-state index < -0.39 is 0 Å². The van der Waals surface area contributed by atoms with Crippen LogP contribution in [0, 0.1) is 0 Å². The Labute approximate surface area is 152 Å².